The third-order valence-electron chi connectivity index (χ3n) is 3.25. The first-order valence-corrected chi connectivity index (χ1v) is 6.96. The van der Waals surface area contributed by atoms with Gasteiger partial charge in [-0.05, 0) is 43.9 Å². The van der Waals surface area contributed by atoms with Crippen molar-refractivity contribution in [3.63, 3.8) is 0 Å². The Morgan fingerprint density at radius 3 is 2.72 bits per heavy atom. The van der Waals surface area contributed by atoms with Gasteiger partial charge in [0.25, 0.3) is 0 Å². The number of guanidine groups is 1. The van der Waals surface area contributed by atoms with Crippen LogP contribution in [0, 0.1) is 0 Å². The zero-order valence-corrected chi connectivity index (χ0v) is 11.4. The first-order chi connectivity index (χ1) is 8.78. The van der Waals surface area contributed by atoms with Gasteiger partial charge in [-0.1, -0.05) is 25.5 Å². The quantitative estimate of drug-likeness (QED) is 0.855. The van der Waals surface area contributed by atoms with Crippen molar-refractivity contribution in [1.82, 2.24) is 10.6 Å². The highest BCUT2D eigenvalue weighted by atomic mass is 15.2. The summed E-state index contributed by atoms with van der Waals surface area (Å²) in [5.41, 5.74) is 2.41. The maximum absolute atomic E-state index is 4.58. The average molecular weight is 245 g/mol. The van der Waals surface area contributed by atoms with Crippen molar-refractivity contribution in [3.8, 4) is 0 Å². The number of aliphatic imine (C=N–C) groups is 1. The summed E-state index contributed by atoms with van der Waals surface area (Å²) in [5.74, 6) is 0.898. The molecule has 3 nitrogen and oxygen atoms in total. The van der Waals surface area contributed by atoms with E-state index in [0.717, 1.165) is 24.6 Å². The average Bonchev–Trinajstić information content (AvgIpc) is 2.38. The third kappa shape index (κ3) is 3.76. The summed E-state index contributed by atoms with van der Waals surface area (Å²) in [6.07, 6.45) is 4.82. The van der Waals surface area contributed by atoms with E-state index >= 15 is 0 Å². The van der Waals surface area contributed by atoms with E-state index in [-0.39, 0.29) is 0 Å². The Hall–Kier alpha value is -1.51. The van der Waals surface area contributed by atoms with Gasteiger partial charge in [0.2, 0.25) is 0 Å². The summed E-state index contributed by atoms with van der Waals surface area (Å²) < 4.78 is 0. The van der Waals surface area contributed by atoms with Crippen molar-refractivity contribution in [1.29, 1.82) is 0 Å². The van der Waals surface area contributed by atoms with Crippen LogP contribution in [0.2, 0.25) is 0 Å². The largest absolute Gasteiger partial charge is 0.356 e. The van der Waals surface area contributed by atoms with Crippen molar-refractivity contribution in [3.05, 3.63) is 29.8 Å². The molecule has 98 valence electrons. The summed E-state index contributed by atoms with van der Waals surface area (Å²) in [6.45, 7) is 5.41. The van der Waals surface area contributed by atoms with Crippen molar-refractivity contribution >= 4 is 11.6 Å². The fraction of sp³-hybridized carbons (Fsp3) is 0.533. The van der Waals surface area contributed by atoms with Gasteiger partial charge in [-0.2, -0.15) is 0 Å². The second-order valence-electron chi connectivity index (χ2n) is 4.99. The Morgan fingerprint density at radius 1 is 1.28 bits per heavy atom. The highest BCUT2D eigenvalue weighted by Crippen LogP contribution is 2.15. The van der Waals surface area contributed by atoms with E-state index in [4.69, 9.17) is 0 Å². The van der Waals surface area contributed by atoms with E-state index in [2.05, 4.69) is 53.7 Å². The van der Waals surface area contributed by atoms with E-state index in [1.54, 1.807) is 0 Å². The molecule has 1 aromatic rings. The highest BCUT2D eigenvalue weighted by Gasteiger charge is 2.10. The molecule has 1 unspecified atom stereocenters. The number of benzene rings is 1. The van der Waals surface area contributed by atoms with Crippen molar-refractivity contribution in [2.75, 3.05) is 6.54 Å². The number of hydrogen-bond donors (Lipinski definition) is 2. The second-order valence-corrected chi connectivity index (χ2v) is 4.99. The molecule has 1 fully saturated rings. The fourth-order valence-corrected chi connectivity index (χ4v) is 2.08. The van der Waals surface area contributed by atoms with Crippen molar-refractivity contribution in [2.45, 2.75) is 45.6 Å². The van der Waals surface area contributed by atoms with Gasteiger partial charge in [-0.3, -0.25) is 0 Å². The molecule has 1 heterocycles. The molecule has 1 aliphatic rings. The highest BCUT2D eigenvalue weighted by molar-refractivity contribution is 5.83. The number of nitrogens with zero attached hydrogens (tertiary/aromatic N) is 1. The molecule has 0 bridgehead atoms. The summed E-state index contributed by atoms with van der Waals surface area (Å²) in [4.78, 5) is 4.58. The Labute approximate surface area is 110 Å². The Morgan fingerprint density at radius 2 is 2.06 bits per heavy atom. The number of unbranched alkanes of at least 4 members (excludes halogenated alkanes) is 1. The van der Waals surface area contributed by atoms with Gasteiger partial charge in [0.05, 0.1) is 5.69 Å². The minimum Gasteiger partial charge on any atom is -0.356 e. The molecule has 1 aromatic carbocycles. The lowest BCUT2D eigenvalue weighted by molar-refractivity contribution is 0.544. The van der Waals surface area contributed by atoms with E-state index < -0.39 is 0 Å². The van der Waals surface area contributed by atoms with Crippen LogP contribution in [0.1, 0.15) is 38.7 Å². The van der Waals surface area contributed by atoms with E-state index in [1.165, 1.54) is 24.8 Å². The molecule has 1 saturated heterocycles. The van der Waals surface area contributed by atoms with Gasteiger partial charge >= 0.3 is 0 Å². The molecule has 1 aliphatic heterocycles. The monoisotopic (exact) mass is 245 g/mol. The molecule has 0 aliphatic carbocycles. The zero-order valence-electron chi connectivity index (χ0n) is 11.4. The third-order valence-corrected chi connectivity index (χ3v) is 3.25. The van der Waals surface area contributed by atoms with Crippen molar-refractivity contribution in [2.24, 2.45) is 4.99 Å². The predicted molar refractivity (Wildman–Crippen MR) is 77.4 cm³/mol. The molecule has 0 spiro atoms. The minimum absolute atomic E-state index is 0.508. The van der Waals surface area contributed by atoms with Crippen LogP contribution >= 0.6 is 0 Å². The lowest BCUT2D eigenvalue weighted by atomic mass is 10.1. The van der Waals surface area contributed by atoms with Gasteiger partial charge in [0, 0.05) is 12.6 Å². The number of rotatable bonds is 4. The second kappa shape index (κ2) is 6.43. The minimum atomic E-state index is 0.508. The van der Waals surface area contributed by atoms with Gasteiger partial charge in [0.1, 0.15) is 0 Å². The van der Waals surface area contributed by atoms with Crippen molar-refractivity contribution < 1.29 is 0 Å². The first kappa shape index (κ1) is 12.9. The summed E-state index contributed by atoms with van der Waals surface area (Å²) in [5, 5.41) is 6.64. The van der Waals surface area contributed by atoms with Crippen LogP contribution in [0.3, 0.4) is 0 Å². The van der Waals surface area contributed by atoms with Crippen LogP contribution in [0.4, 0.5) is 5.69 Å². The van der Waals surface area contributed by atoms with Crippen LogP contribution in [-0.4, -0.2) is 18.5 Å². The molecule has 3 heteroatoms. The molecule has 0 amide bonds. The molecule has 2 rings (SSSR count). The number of aryl methyl sites for hydroxylation is 1. The normalized spacial score (nSPS) is 21.4. The molecule has 0 aromatic heterocycles. The SMILES string of the molecule is CCCCc1ccc(/N=C2\NCCC(C)N2)cc1. The smallest absolute Gasteiger partial charge is 0.196 e. The van der Waals surface area contributed by atoms with Gasteiger partial charge in [-0.15, -0.1) is 0 Å². The molecule has 1 atom stereocenters. The molecule has 18 heavy (non-hydrogen) atoms. The first-order valence-electron chi connectivity index (χ1n) is 6.96. The lowest BCUT2D eigenvalue weighted by Crippen LogP contribution is -2.48. The topological polar surface area (TPSA) is 36.4 Å². The lowest BCUT2D eigenvalue weighted by Gasteiger charge is -2.23. The summed E-state index contributed by atoms with van der Waals surface area (Å²) in [7, 11) is 0. The molecule has 0 saturated carbocycles. The number of nitrogens with one attached hydrogen (secondary N) is 2. The maximum Gasteiger partial charge on any atom is 0.196 e. The van der Waals surface area contributed by atoms with Crippen LogP contribution in [-0.2, 0) is 6.42 Å². The van der Waals surface area contributed by atoms with Gasteiger partial charge < -0.3 is 10.6 Å². The van der Waals surface area contributed by atoms with Crippen LogP contribution in [0.15, 0.2) is 29.3 Å². The molecule has 0 radical (unpaired) electrons. The summed E-state index contributed by atoms with van der Waals surface area (Å²) >= 11 is 0. The summed E-state index contributed by atoms with van der Waals surface area (Å²) in [6, 6.07) is 9.07. The van der Waals surface area contributed by atoms with E-state index in [0.29, 0.717) is 6.04 Å². The maximum atomic E-state index is 4.58. The van der Waals surface area contributed by atoms with Crippen LogP contribution in [0.25, 0.3) is 0 Å². The van der Waals surface area contributed by atoms with Gasteiger partial charge in [0.15, 0.2) is 5.96 Å². The standard InChI is InChI=1S/C15H23N3/c1-3-4-5-13-6-8-14(9-7-13)18-15-16-11-10-12(2)17-15/h6-9,12H,3-5,10-11H2,1-2H3,(H2,16,17,18). The van der Waals surface area contributed by atoms with E-state index in [9.17, 15) is 0 Å². The molecule has 2 N–H and O–H groups in total. The van der Waals surface area contributed by atoms with Crippen LogP contribution < -0.4 is 10.6 Å². The Kier molecular flexibility index (Phi) is 4.62. The predicted octanol–water partition coefficient (Wildman–Crippen LogP) is 2.99. The van der Waals surface area contributed by atoms with Crippen LogP contribution in [0.5, 0.6) is 0 Å². The number of hydrogen-bond acceptors (Lipinski definition) is 1. The fourth-order valence-electron chi connectivity index (χ4n) is 2.08. The zero-order chi connectivity index (χ0) is 12.8. The van der Waals surface area contributed by atoms with E-state index in [1.807, 2.05) is 0 Å². The molecular weight excluding hydrogens is 222 g/mol. The Balaban J connectivity index is 1.98. The van der Waals surface area contributed by atoms with Gasteiger partial charge in [-0.25, -0.2) is 4.99 Å². The molecular formula is C15H23N3. The Bertz CT molecular complexity index is 395.